The zero-order chi connectivity index (χ0) is 12.2. The van der Waals surface area contributed by atoms with Crippen LogP contribution in [0.15, 0.2) is 0 Å². The Morgan fingerprint density at radius 3 is 2.06 bits per heavy atom. The fourth-order valence-electron chi connectivity index (χ4n) is 3.57. The molecule has 2 aliphatic rings. The molecule has 16 heavy (non-hydrogen) atoms. The summed E-state index contributed by atoms with van der Waals surface area (Å²) in [5.41, 5.74) is 1.29. The molecular formula is C14H28N2. The summed E-state index contributed by atoms with van der Waals surface area (Å²) in [6, 6.07) is 0.701. The minimum absolute atomic E-state index is 0.335. The molecule has 2 unspecified atom stereocenters. The largest absolute Gasteiger partial charge is 0.312 e. The summed E-state index contributed by atoms with van der Waals surface area (Å²) in [5, 5.41) is 3.66. The zero-order valence-corrected chi connectivity index (χ0v) is 11.9. The molecule has 0 aromatic rings. The van der Waals surface area contributed by atoms with E-state index in [0.717, 1.165) is 0 Å². The molecule has 2 saturated heterocycles. The van der Waals surface area contributed by atoms with Crippen LogP contribution >= 0.6 is 0 Å². The second-order valence-electron chi connectivity index (χ2n) is 7.88. The maximum Gasteiger partial charge on any atom is 0.0197 e. The van der Waals surface area contributed by atoms with Gasteiger partial charge in [-0.3, -0.25) is 4.90 Å². The van der Waals surface area contributed by atoms with Crippen molar-refractivity contribution in [1.29, 1.82) is 0 Å². The second-order valence-corrected chi connectivity index (χ2v) is 7.88. The van der Waals surface area contributed by atoms with Gasteiger partial charge in [-0.15, -0.1) is 0 Å². The van der Waals surface area contributed by atoms with E-state index in [1.54, 1.807) is 0 Å². The van der Waals surface area contributed by atoms with Crippen molar-refractivity contribution in [2.45, 2.75) is 59.5 Å². The van der Waals surface area contributed by atoms with Crippen LogP contribution in [0.2, 0.25) is 0 Å². The van der Waals surface area contributed by atoms with Crippen molar-refractivity contribution < 1.29 is 0 Å². The van der Waals surface area contributed by atoms with E-state index in [9.17, 15) is 0 Å². The Kier molecular flexibility index (Phi) is 2.67. The Bertz CT molecular complexity index is 271. The predicted molar refractivity (Wildman–Crippen MR) is 69.6 cm³/mol. The lowest BCUT2D eigenvalue weighted by Crippen LogP contribution is -2.68. The number of rotatable bonds is 0. The Morgan fingerprint density at radius 2 is 1.75 bits per heavy atom. The van der Waals surface area contributed by atoms with Gasteiger partial charge in [0.05, 0.1) is 0 Å². The van der Waals surface area contributed by atoms with Crippen molar-refractivity contribution in [3.8, 4) is 0 Å². The average molecular weight is 224 g/mol. The molecule has 2 aliphatic heterocycles. The van der Waals surface area contributed by atoms with Gasteiger partial charge in [0.25, 0.3) is 0 Å². The number of hydrogen-bond donors (Lipinski definition) is 1. The van der Waals surface area contributed by atoms with Crippen LogP contribution in [0.3, 0.4) is 0 Å². The molecule has 2 heteroatoms. The molecule has 0 aromatic heterocycles. The standard InChI is InChI=1S/C14H28N2/c1-12(2,3)11-14(9-15-11)7-8-16(10-14)13(4,5)6/h11,15H,7-10H2,1-6H3. The summed E-state index contributed by atoms with van der Waals surface area (Å²) < 4.78 is 0. The average Bonchev–Trinajstić information content (AvgIpc) is 2.42. The highest BCUT2D eigenvalue weighted by Gasteiger charge is 2.55. The number of likely N-dealkylation sites (tertiary alicyclic amines) is 1. The van der Waals surface area contributed by atoms with Crippen molar-refractivity contribution in [2.24, 2.45) is 10.8 Å². The van der Waals surface area contributed by atoms with Crippen LogP contribution in [-0.4, -0.2) is 36.1 Å². The SMILES string of the molecule is CC(C)(C)C1NCC12CCN(C(C)(C)C)C2. The molecule has 0 saturated carbocycles. The molecule has 94 valence electrons. The number of hydrogen-bond acceptors (Lipinski definition) is 2. The molecule has 2 nitrogen and oxygen atoms in total. The van der Waals surface area contributed by atoms with Gasteiger partial charge in [0.2, 0.25) is 0 Å². The van der Waals surface area contributed by atoms with E-state index < -0.39 is 0 Å². The summed E-state index contributed by atoms with van der Waals surface area (Å²) in [4.78, 5) is 2.66. The Labute approximate surface area is 101 Å². The van der Waals surface area contributed by atoms with E-state index in [4.69, 9.17) is 0 Å². The van der Waals surface area contributed by atoms with Crippen molar-refractivity contribution in [1.82, 2.24) is 10.2 Å². The second kappa shape index (κ2) is 3.46. The lowest BCUT2D eigenvalue weighted by molar-refractivity contribution is 0.00594. The molecule has 2 heterocycles. The van der Waals surface area contributed by atoms with Gasteiger partial charge in [-0.2, -0.15) is 0 Å². The molecule has 0 radical (unpaired) electrons. The summed E-state index contributed by atoms with van der Waals surface area (Å²) in [5.74, 6) is 0. The molecular weight excluding hydrogens is 196 g/mol. The maximum atomic E-state index is 3.66. The highest BCUT2D eigenvalue weighted by atomic mass is 15.3. The highest BCUT2D eigenvalue weighted by molar-refractivity contribution is 5.11. The number of nitrogens with zero attached hydrogens (tertiary/aromatic N) is 1. The molecule has 0 bridgehead atoms. The quantitative estimate of drug-likeness (QED) is 0.680. The Hall–Kier alpha value is -0.0800. The topological polar surface area (TPSA) is 15.3 Å². The smallest absolute Gasteiger partial charge is 0.0197 e. The van der Waals surface area contributed by atoms with Crippen molar-refractivity contribution in [3.05, 3.63) is 0 Å². The van der Waals surface area contributed by atoms with Gasteiger partial charge in [-0.05, 0) is 39.2 Å². The Morgan fingerprint density at radius 1 is 1.12 bits per heavy atom. The van der Waals surface area contributed by atoms with E-state index in [-0.39, 0.29) is 0 Å². The molecule has 2 atom stereocenters. The lowest BCUT2D eigenvalue weighted by atomic mass is 9.63. The first-order valence-electron chi connectivity index (χ1n) is 6.64. The van der Waals surface area contributed by atoms with Gasteiger partial charge in [0.1, 0.15) is 0 Å². The molecule has 0 amide bonds. The third-order valence-corrected chi connectivity index (χ3v) is 4.47. The van der Waals surface area contributed by atoms with E-state index in [0.29, 0.717) is 22.4 Å². The lowest BCUT2D eigenvalue weighted by Gasteiger charge is -2.55. The predicted octanol–water partition coefficient (Wildman–Crippen LogP) is 2.49. The summed E-state index contributed by atoms with van der Waals surface area (Å²) in [6.07, 6.45) is 1.37. The third-order valence-electron chi connectivity index (χ3n) is 4.47. The van der Waals surface area contributed by atoms with Gasteiger partial charge >= 0.3 is 0 Å². The van der Waals surface area contributed by atoms with Gasteiger partial charge in [0.15, 0.2) is 0 Å². The highest BCUT2D eigenvalue weighted by Crippen LogP contribution is 2.47. The van der Waals surface area contributed by atoms with Crippen LogP contribution in [0, 0.1) is 10.8 Å². The fourth-order valence-corrected chi connectivity index (χ4v) is 3.57. The zero-order valence-electron chi connectivity index (χ0n) is 11.9. The summed E-state index contributed by atoms with van der Waals surface area (Å²) in [6.45, 7) is 17.9. The summed E-state index contributed by atoms with van der Waals surface area (Å²) >= 11 is 0. The number of nitrogens with one attached hydrogen (secondary N) is 1. The van der Waals surface area contributed by atoms with Crippen LogP contribution in [0.4, 0.5) is 0 Å². The molecule has 0 aliphatic carbocycles. The monoisotopic (exact) mass is 224 g/mol. The van der Waals surface area contributed by atoms with Gasteiger partial charge in [-0.25, -0.2) is 0 Å². The third kappa shape index (κ3) is 1.91. The molecule has 2 fully saturated rings. The van der Waals surface area contributed by atoms with Crippen LogP contribution < -0.4 is 5.32 Å². The first-order valence-corrected chi connectivity index (χ1v) is 6.64. The van der Waals surface area contributed by atoms with E-state index in [2.05, 4.69) is 51.8 Å². The summed E-state index contributed by atoms with van der Waals surface area (Å²) in [7, 11) is 0. The van der Waals surface area contributed by atoms with Gasteiger partial charge in [0, 0.05) is 30.1 Å². The first kappa shape index (κ1) is 12.4. The van der Waals surface area contributed by atoms with E-state index in [1.807, 2.05) is 0 Å². The minimum Gasteiger partial charge on any atom is -0.312 e. The molecule has 2 rings (SSSR count). The van der Waals surface area contributed by atoms with E-state index >= 15 is 0 Å². The Balaban J connectivity index is 2.08. The van der Waals surface area contributed by atoms with Crippen LogP contribution in [0.25, 0.3) is 0 Å². The molecule has 1 N–H and O–H groups in total. The molecule has 1 spiro atoms. The van der Waals surface area contributed by atoms with Gasteiger partial charge in [-0.1, -0.05) is 20.8 Å². The van der Waals surface area contributed by atoms with Crippen LogP contribution in [0.5, 0.6) is 0 Å². The first-order chi connectivity index (χ1) is 7.15. The van der Waals surface area contributed by atoms with Crippen molar-refractivity contribution in [3.63, 3.8) is 0 Å². The van der Waals surface area contributed by atoms with Crippen molar-refractivity contribution in [2.75, 3.05) is 19.6 Å². The fraction of sp³-hybridized carbons (Fsp3) is 1.00. The normalized spacial score (nSPS) is 36.8. The van der Waals surface area contributed by atoms with Crippen molar-refractivity contribution >= 4 is 0 Å². The molecule has 0 aromatic carbocycles. The van der Waals surface area contributed by atoms with Gasteiger partial charge < -0.3 is 5.32 Å². The minimum atomic E-state index is 0.335. The van der Waals surface area contributed by atoms with Crippen LogP contribution in [0.1, 0.15) is 48.0 Å². The maximum absolute atomic E-state index is 3.66. The van der Waals surface area contributed by atoms with Crippen LogP contribution in [-0.2, 0) is 0 Å². The van der Waals surface area contributed by atoms with E-state index in [1.165, 1.54) is 26.1 Å².